The summed E-state index contributed by atoms with van der Waals surface area (Å²) in [5, 5.41) is 15.1. The Morgan fingerprint density at radius 3 is 2.42 bits per heavy atom. The minimum absolute atomic E-state index is 0. The summed E-state index contributed by atoms with van der Waals surface area (Å²) in [4.78, 5) is 13.6. The van der Waals surface area contributed by atoms with Gasteiger partial charge in [0.25, 0.3) is 0 Å². The Morgan fingerprint density at radius 2 is 1.68 bits per heavy atom. The maximum absolute atomic E-state index is 11.8. The number of aromatic nitrogens is 4. The second kappa shape index (κ2) is 12.3. The van der Waals surface area contributed by atoms with Crippen LogP contribution in [-0.2, 0) is 29.7 Å². The molecule has 0 amide bonds. The number of primary sulfonamides is 1. The van der Waals surface area contributed by atoms with Crippen LogP contribution in [0, 0.1) is 6.92 Å². The number of hydrogen-bond acceptors (Lipinski definition) is 8. The van der Waals surface area contributed by atoms with Gasteiger partial charge in [0.05, 0.1) is 15.9 Å². The van der Waals surface area contributed by atoms with Crippen LogP contribution in [-0.4, -0.2) is 27.9 Å². The molecule has 0 saturated heterocycles. The predicted molar refractivity (Wildman–Crippen MR) is 162 cm³/mol. The molecule has 0 fully saturated rings. The smallest absolute Gasteiger partial charge is 0.238 e. The van der Waals surface area contributed by atoms with Crippen LogP contribution in [0.5, 0.6) is 0 Å². The average Bonchev–Trinajstić information content (AvgIpc) is 3.28. The average molecular weight is 579 g/mol. The summed E-state index contributed by atoms with van der Waals surface area (Å²) in [6.45, 7) is 5.85. The van der Waals surface area contributed by atoms with Crippen LogP contribution in [0.15, 0.2) is 83.9 Å². The molecular weight excluding hydrogens is 548 g/mol. The van der Waals surface area contributed by atoms with Gasteiger partial charge >= 0.3 is 0 Å². The summed E-state index contributed by atoms with van der Waals surface area (Å²) < 4.78 is 25.9. The second-order valence-corrected chi connectivity index (χ2v) is 10.6. The van der Waals surface area contributed by atoms with Gasteiger partial charge in [-0.2, -0.15) is 4.98 Å². The Kier molecular flexibility index (Phi) is 8.88. The zero-order chi connectivity index (χ0) is 27.4. The largest absolute Gasteiger partial charge is 0.366 e. The fraction of sp³-hybridized carbons (Fsp3) is 0.179. The summed E-state index contributed by atoms with van der Waals surface area (Å²) in [7, 11) is -3.83. The zero-order valence-electron chi connectivity index (χ0n) is 22.1. The van der Waals surface area contributed by atoms with Gasteiger partial charge < -0.3 is 20.5 Å². The van der Waals surface area contributed by atoms with Gasteiger partial charge in [0.1, 0.15) is 5.82 Å². The van der Waals surface area contributed by atoms with Crippen molar-refractivity contribution in [1.29, 1.82) is 0 Å². The van der Waals surface area contributed by atoms with Crippen molar-refractivity contribution in [3.8, 4) is 0 Å². The molecule has 40 heavy (non-hydrogen) atoms. The van der Waals surface area contributed by atoms with Crippen LogP contribution in [0.25, 0.3) is 11.0 Å². The highest BCUT2D eigenvalue weighted by atomic mass is 35.5. The van der Waals surface area contributed by atoms with E-state index in [4.69, 9.17) is 10.1 Å². The number of hydrogen-bond donors (Lipinski definition) is 4. The van der Waals surface area contributed by atoms with Gasteiger partial charge in [-0.1, -0.05) is 42.5 Å². The number of anilines is 4. The zero-order valence-corrected chi connectivity index (χ0v) is 23.8. The van der Waals surface area contributed by atoms with E-state index in [1.807, 2.05) is 18.2 Å². The molecule has 0 aliphatic rings. The van der Waals surface area contributed by atoms with E-state index < -0.39 is 10.0 Å². The predicted octanol–water partition coefficient (Wildman–Crippen LogP) is 5.19. The van der Waals surface area contributed by atoms with Gasteiger partial charge in [0, 0.05) is 31.5 Å². The summed E-state index contributed by atoms with van der Waals surface area (Å²) in [6, 6.07) is 23.2. The first-order valence-electron chi connectivity index (χ1n) is 12.5. The third kappa shape index (κ3) is 6.68. The molecule has 0 unspecified atom stereocenters. The molecule has 0 spiro atoms. The minimum Gasteiger partial charge on any atom is -0.366 e. The van der Waals surface area contributed by atoms with E-state index >= 15 is 0 Å². The molecular formula is C28H31ClN8O2S. The lowest BCUT2D eigenvalue weighted by molar-refractivity contribution is 0.597. The number of nitrogens with two attached hydrogens (primary N) is 1. The highest BCUT2D eigenvalue weighted by molar-refractivity contribution is 7.89. The van der Waals surface area contributed by atoms with E-state index in [1.54, 1.807) is 31.3 Å². The van der Waals surface area contributed by atoms with Crippen LogP contribution in [0.4, 0.5) is 23.4 Å². The van der Waals surface area contributed by atoms with E-state index in [-0.39, 0.29) is 17.3 Å². The van der Waals surface area contributed by atoms with Crippen molar-refractivity contribution in [2.45, 2.75) is 38.4 Å². The molecule has 0 radical (unpaired) electrons. The molecule has 5 rings (SSSR count). The monoisotopic (exact) mass is 578 g/mol. The number of benzene rings is 3. The van der Waals surface area contributed by atoms with Gasteiger partial charge in [-0.15, -0.1) is 12.4 Å². The molecule has 0 aliphatic heterocycles. The lowest BCUT2D eigenvalue weighted by Gasteiger charge is -2.10. The molecule has 5 N–H and O–H groups in total. The summed E-state index contributed by atoms with van der Waals surface area (Å²) >= 11 is 0. The van der Waals surface area contributed by atoms with Crippen LogP contribution in [0.1, 0.15) is 23.6 Å². The van der Waals surface area contributed by atoms with Crippen molar-refractivity contribution in [3.05, 3.63) is 95.7 Å². The summed E-state index contributed by atoms with van der Waals surface area (Å²) in [5.41, 5.74) is 5.34. The molecule has 0 aliphatic carbocycles. The molecule has 0 bridgehead atoms. The molecule has 0 atom stereocenters. The number of nitrogens with zero attached hydrogens (tertiary/aromatic N) is 4. The van der Waals surface area contributed by atoms with Crippen molar-refractivity contribution in [2.75, 3.05) is 16.0 Å². The first-order chi connectivity index (χ1) is 18.8. The molecule has 10 nitrogen and oxygen atoms in total. The first kappa shape index (κ1) is 28.8. The van der Waals surface area contributed by atoms with E-state index in [9.17, 15) is 8.42 Å². The van der Waals surface area contributed by atoms with Crippen molar-refractivity contribution in [1.82, 2.24) is 19.5 Å². The maximum Gasteiger partial charge on any atom is 0.238 e. The van der Waals surface area contributed by atoms with Crippen molar-refractivity contribution in [3.63, 3.8) is 0 Å². The van der Waals surface area contributed by atoms with Crippen molar-refractivity contribution in [2.24, 2.45) is 5.14 Å². The van der Waals surface area contributed by atoms with Gasteiger partial charge in [-0.05, 0) is 60.9 Å². The van der Waals surface area contributed by atoms with Gasteiger partial charge in [-0.3, -0.25) is 0 Å². The third-order valence-electron chi connectivity index (χ3n) is 6.30. The normalized spacial score (nSPS) is 11.2. The molecule has 12 heteroatoms. The quantitative estimate of drug-likeness (QED) is 0.177. The molecule has 2 heterocycles. The number of fused-ring (bicyclic) bond motifs is 1. The first-order valence-corrected chi connectivity index (χ1v) is 14.1. The summed E-state index contributed by atoms with van der Waals surface area (Å²) in [6.07, 6.45) is 1.63. The van der Waals surface area contributed by atoms with Crippen LogP contribution in [0.3, 0.4) is 0 Å². The second-order valence-electron chi connectivity index (χ2n) is 9.11. The number of rotatable bonds is 10. The van der Waals surface area contributed by atoms with E-state index in [1.165, 1.54) is 11.6 Å². The molecule has 3 aromatic carbocycles. The van der Waals surface area contributed by atoms with Crippen LogP contribution >= 0.6 is 12.4 Å². The fourth-order valence-corrected chi connectivity index (χ4v) is 5.15. The van der Waals surface area contributed by atoms with Gasteiger partial charge in [-0.25, -0.2) is 23.5 Å². The maximum atomic E-state index is 11.8. The minimum atomic E-state index is -3.83. The highest BCUT2D eigenvalue weighted by Gasteiger charge is 2.13. The SMILES string of the molecule is CCn1c(NCc2ccccc2)nc2cc(CNc3ccnc(Nc4ccc(C)c(S(N)(=O)=O)c4)n3)ccc21.Cl. The summed E-state index contributed by atoms with van der Waals surface area (Å²) in [5.74, 6) is 1.79. The van der Waals surface area contributed by atoms with Gasteiger partial charge in [0.15, 0.2) is 0 Å². The molecule has 2 aromatic heterocycles. The number of halogens is 1. The highest BCUT2D eigenvalue weighted by Crippen LogP contribution is 2.23. The number of imidazole rings is 1. The molecule has 0 saturated carbocycles. The van der Waals surface area contributed by atoms with Crippen LogP contribution in [0.2, 0.25) is 0 Å². The standard InChI is InChI=1S/C28H30N8O2S.ClH/c1-3-36-24-12-10-21(15-23(24)34-28(36)32-17-20-7-5-4-6-8-20)18-31-26-13-14-30-27(35-26)33-22-11-9-19(2)25(16-22)39(29,37)38;/h4-16H,3,17-18H2,1-2H3,(H,32,34)(H2,29,37,38)(H2,30,31,33,35);1H. The van der Waals surface area contributed by atoms with E-state index in [2.05, 4.69) is 67.7 Å². The molecule has 208 valence electrons. The number of aryl methyl sites for hydroxylation is 2. The Bertz CT molecular complexity index is 1730. The van der Waals surface area contributed by atoms with E-state index in [0.29, 0.717) is 36.1 Å². The van der Waals surface area contributed by atoms with E-state index in [0.717, 1.165) is 29.1 Å². The van der Waals surface area contributed by atoms with Crippen molar-refractivity contribution < 1.29 is 8.42 Å². The molecule has 5 aromatic rings. The topological polar surface area (TPSA) is 140 Å². The van der Waals surface area contributed by atoms with Crippen molar-refractivity contribution >= 4 is 56.9 Å². The Balaban J connectivity index is 0.00000370. The lowest BCUT2D eigenvalue weighted by atomic mass is 10.2. The third-order valence-corrected chi connectivity index (χ3v) is 7.36. The Hall–Kier alpha value is -4.19. The lowest BCUT2D eigenvalue weighted by Crippen LogP contribution is -2.14. The number of nitrogens with one attached hydrogen (secondary N) is 3. The number of sulfonamides is 1. The Morgan fingerprint density at radius 1 is 0.900 bits per heavy atom. The fourth-order valence-electron chi connectivity index (χ4n) is 4.34. The Labute approximate surface area is 239 Å². The van der Waals surface area contributed by atoms with Crippen LogP contribution < -0.4 is 21.1 Å². The van der Waals surface area contributed by atoms with Gasteiger partial charge in [0.2, 0.25) is 21.9 Å².